The van der Waals surface area contributed by atoms with Gasteiger partial charge in [0.1, 0.15) is 8.30 Å². The largest absolute Gasteiger partial charge is 0.337 e. The van der Waals surface area contributed by atoms with Gasteiger partial charge in [-0.2, -0.15) is 10.0 Å². The van der Waals surface area contributed by atoms with Gasteiger partial charge in [0, 0.05) is 23.5 Å². The Kier molecular flexibility index (Phi) is 5.91. The predicted octanol–water partition coefficient (Wildman–Crippen LogP) is 6.90. The minimum Gasteiger partial charge on any atom is -0.337 e. The van der Waals surface area contributed by atoms with Crippen molar-refractivity contribution in [1.82, 2.24) is 4.67 Å². The number of fused-ring (bicyclic) bond motifs is 1. The first-order valence-electron chi connectivity index (χ1n) is 10.6. The molecule has 0 aromatic heterocycles. The van der Waals surface area contributed by atoms with Gasteiger partial charge in [-0.25, -0.2) is 0 Å². The molecule has 28 heavy (non-hydrogen) atoms. The molecule has 0 spiro atoms. The van der Waals surface area contributed by atoms with Crippen molar-refractivity contribution >= 4 is 18.3 Å². The van der Waals surface area contributed by atoms with E-state index in [1.54, 1.807) is 0 Å². The Bertz CT molecular complexity index is 742. The molecular formula is C24H34NOPS. The third-order valence-electron chi connectivity index (χ3n) is 6.58. The summed E-state index contributed by atoms with van der Waals surface area (Å²) in [7, 11) is -1.65. The van der Waals surface area contributed by atoms with E-state index in [2.05, 4.69) is 92.4 Å². The summed E-state index contributed by atoms with van der Waals surface area (Å²) in [4.78, 5) is 2.95. The van der Waals surface area contributed by atoms with Crippen LogP contribution in [0.4, 0.5) is 0 Å². The molecule has 2 aliphatic rings. The van der Waals surface area contributed by atoms with Crippen LogP contribution in [0, 0.1) is 0 Å². The molecule has 0 aliphatic carbocycles. The van der Waals surface area contributed by atoms with Crippen molar-refractivity contribution in [2.24, 2.45) is 0 Å². The number of rotatable bonds is 6. The van der Waals surface area contributed by atoms with Crippen molar-refractivity contribution in [3.8, 4) is 0 Å². The molecule has 2 fully saturated rings. The first kappa shape index (κ1) is 20.4. The van der Waals surface area contributed by atoms with E-state index >= 15 is 0 Å². The highest BCUT2D eigenvalue weighted by molar-refractivity contribution is 8.33. The molecule has 0 radical (unpaired) electrons. The highest BCUT2D eigenvalue weighted by atomic mass is 32.3. The fourth-order valence-electron chi connectivity index (χ4n) is 4.51. The average molecular weight is 416 g/mol. The van der Waals surface area contributed by atoms with Crippen LogP contribution in [0.25, 0.3) is 0 Å². The molecule has 3 atom stereocenters. The highest BCUT2D eigenvalue weighted by Gasteiger charge is 2.51. The van der Waals surface area contributed by atoms with Gasteiger partial charge in [-0.05, 0) is 59.6 Å². The van der Waals surface area contributed by atoms with E-state index in [4.69, 9.17) is 4.52 Å². The molecule has 152 valence electrons. The summed E-state index contributed by atoms with van der Waals surface area (Å²) in [6.07, 6.45) is 6.64. The van der Waals surface area contributed by atoms with Crippen LogP contribution < -0.4 is 0 Å². The van der Waals surface area contributed by atoms with Crippen LogP contribution in [-0.2, 0) is 4.52 Å². The fourth-order valence-corrected chi connectivity index (χ4v) is 10.4. The SMILES string of the molecule is CCC(C)(C)P1O[C@@H](CS(C)(c2ccccc2)c2ccccc2)[C@H]2CCCN21. The van der Waals surface area contributed by atoms with Crippen LogP contribution in [0.5, 0.6) is 0 Å². The lowest BCUT2D eigenvalue weighted by Crippen LogP contribution is -2.33. The Morgan fingerprint density at radius 1 is 1.04 bits per heavy atom. The molecule has 2 nitrogen and oxygen atoms in total. The summed E-state index contributed by atoms with van der Waals surface area (Å²) >= 11 is 0. The van der Waals surface area contributed by atoms with Gasteiger partial charge < -0.3 is 4.52 Å². The summed E-state index contributed by atoms with van der Waals surface area (Å²) in [6.45, 7) is 8.33. The molecule has 4 rings (SSSR count). The molecule has 0 N–H and O–H groups in total. The average Bonchev–Trinajstić information content (AvgIpc) is 3.33. The van der Waals surface area contributed by atoms with E-state index in [9.17, 15) is 0 Å². The highest BCUT2D eigenvalue weighted by Crippen LogP contribution is 2.67. The quantitative estimate of drug-likeness (QED) is 0.476. The van der Waals surface area contributed by atoms with Crippen molar-refractivity contribution in [2.75, 3.05) is 18.6 Å². The third-order valence-corrected chi connectivity index (χ3v) is 13.0. The second-order valence-electron chi connectivity index (χ2n) is 8.84. The molecule has 2 saturated heterocycles. The van der Waals surface area contributed by atoms with Crippen molar-refractivity contribution in [2.45, 2.75) is 67.1 Å². The molecule has 2 heterocycles. The van der Waals surface area contributed by atoms with E-state index in [0.29, 0.717) is 12.1 Å². The summed E-state index contributed by atoms with van der Waals surface area (Å²) in [6, 6.07) is 22.9. The van der Waals surface area contributed by atoms with Crippen LogP contribution >= 0.6 is 18.3 Å². The molecule has 0 saturated carbocycles. The van der Waals surface area contributed by atoms with Gasteiger partial charge in [-0.15, -0.1) is 0 Å². The summed E-state index contributed by atoms with van der Waals surface area (Å²) in [5.74, 6) is 1.13. The monoisotopic (exact) mass is 415 g/mol. The zero-order chi connectivity index (χ0) is 19.8. The Balaban J connectivity index is 1.68. The van der Waals surface area contributed by atoms with E-state index in [-0.39, 0.29) is 5.16 Å². The Morgan fingerprint density at radius 3 is 2.14 bits per heavy atom. The van der Waals surface area contributed by atoms with Crippen molar-refractivity contribution < 1.29 is 4.52 Å². The molecule has 2 aromatic rings. The van der Waals surface area contributed by atoms with E-state index in [0.717, 1.165) is 5.75 Å². The lowest BCUT2D eigenvalue weighted by atomic mass is 10.1. The predicted molar refractivity (Wildman–Crippen MR) is 124 cm³/mol. The van der Waals surface area contributed by atoms with Crippen LogP contribution in [0.1, 0.15) is 40.0 Å². The molecule has 2 aromatic carbocycles. The molecule has 2 aliphatic heterocycles. The normalized spacial score (nSPS) is 26.4. The Morgan fingerprint density at radius 2 is 1.61 bits per heavy atom. The van der Waals surface area contributed by atoms with Gasteiger partial charge in [0.05, 0.1) is 6.10 Å². The summed E-state index contributed by atoms with van der Waals surface area (Å²) < 4.78 is 9.68. The first-order chi connectivity index (χ1) is 13.5. The molecule has 1 unspecified atom stereocenters. The van der Waals surface area contributed by atoms with Gasteiger partial charge in [0.25, 0.3) is 0 Å². The van der Waals surface area contributed by atoms with Crippen molar-refractivity contribution in [3.63, 3.8) is 0 Å². The molecular weight excluding hydrogens is 381 g/mol. The fraction of sp³-hybridized carbons (Fsp3) is 0.500. The van der Waals surface area contributed by atoms with E-state index < -0.39 is 18.3 Å². The maximum atomic E-state index is 6.93. The zero-order valence-electron chi connectivity index (χ0n) is 17.7. The second-order valence-corrected chi connectivity index (χ2v) is 14.8. The number of hydrogen-bond acceptors (Lipinski definition) is 2. The van der Waals surface area contributed by atoms with Crippen LogP contribution in [0.3, 0.4) is 0 Å². The number of benzene rings is 2. The van der Waals surface area contributed by atoms with Crippen molar-refractivity contribution in [3.05, 3.63) is 60.7 Å². The maximum Gasteiger partial charge on any atom is 0.111 e. The molecule has 4 heteroatoms. The summed E-state index contributed by atoms with van der Waals surface area (Å²) in [5, 5.41) is 0.262. The number of hydrogen-bond donors (Lipinski definition) is 0. The van der Waals surface area contributed by atoms with E-state index in [1.165, 1.54) is 35.6 Å². The Hall–Kier alpha value is -0.860. The zero-order valence-corrected chi connectivity index (χ0v) is 19.4. The van der Waals surface area contributed by atoms with Gasteiger partial charge in [-0.1, -0.05) is 57.2 Å². The molecule has 0 bridgehead atoms. The van der Waals surface area contributed by atoms with Crippen molar-refractivity contribution in [1.29, 1.82) is 0 Å². The maximum absolute atomic E-state index is 6.93. The van der Waals surface area contributed by atoms with Gasteiger partial charge in [0.15, 0.2) is 0 Å². The lowest BCUT2D eigenvalue weighted by molar-refractivity contribution is 0.232. The smallest absolute Gasteiger partial charge is 0.111 e. The van der Waals surface area contributed by atoms with Crippen LogP contribution in [-0.4, -0.2) is 40.5 Å². The Labute approximate surface area is 173 Å². The topological polar surface area (TPSA) is 12.5 Å². The van der Waals surface area contributed by atoms with Gasteiger partial charge in [-0.3, -0.25) is 4.67 Å². The van der Waals surface area contributed by atoms with Crippen LogP contribution in [0.2, 0.25) is 0 Å². The molecule has 0 amide bonds. The minimum atomic E-state index is -1.14. The standard InChI is InChI=1S/C24H34NOPS/c1-5-24(2,3)27-25-18-12-17-22(25)23(26-27)19-28(4,20-13-8-6-9-14-20)21-15-10-7-11-16-21/h6-11,13-16,22-23H,5,12,17-19H2,1-4H3/t22-,23+,27?/m1/s1. The minimum absolute atomic E-state index is 0.262. The van der Waals surface area contributed by atoms with Gasteiger partial charge in [0.2, 0.25) is 0 Å². The second kappa shape index (κ2) is 8.11. The first-order valence-corrected chi connectivity index (χ1v) is 14.0. The van der Waals surface area contributed by atoms with Crippen LogP contribution in [0.15, 0.2) is 70.5 Å². The van der Waals surface area contributed by atoms with Gasteiger partial charge >= 0.3 is 0 Å². The summed E-state index contributed by atoms with van der Waals surface area (Å²) in [5.41, 5.74) is 0. The number of nitrogens with zero attached hydrogens (tertiary/aromatic N) is 1. The lowest BCUT2D eigenvalue weighted by Gasteiger charge is -2.40. The third kappa shape index (κ3) is 3.67. The van der Waals surface area contributed by atoms with E-state index in [1.807, 2.05) is 0 Å².